The zero-order chi connectivity index (χ0) is 58.8. The second-order valence-corrected chi connectivity index (χ2v) is 30.2. The van der Waals surface area contributed by atoms with Crippen LogP contribution >= 0.6 is 143 Å². The van der Waals surface area contributed by atoms with Crippen molar-refractivity contribution >= 4 is 192 Å². The minimum atomic E-state index is -3.50. The number of benzene rings is 9. The van der Waals surface area contributed by atoms with Crippen LogP contribution in [0.2, 0.25) is 0 Å². The van der Waals surface area contributed by atoms with Crippen molar-refractivity contribution in [2.45, 2.75) is 16.8 Å². The quantitative estimate of drug-likeness (QED) is 0.0929. The Labute approximate surface area is 570 Å². The molecule has 17 rings (SSSR count). The Morgan fingerprint density at radius 3 is 1.13 bits per heavy atom. The van der Waals surface area contributed by atoms with Crippen LogP contribution in [0.1, 0.15) is 81.1 Å². The van der Waals surface area contributed by atoms with E-state index in [-0.39, 0.29) is 23.0 Å². The van der Waals surface area contributed by atoms with Crippen LogP contribution in [0.15, 0.2) is 168 Å². The molecule has 8 bridgehead atoms. The third-order valence-electron chi connectivity index (χ3n) is 16.1. The molecule has 0 saturated heterocycles. The molecule has 3 unspecified atom stereocenters. The maximum absolute atomic E-state index is 14.2. The molecule has 0 aromatic heterocycles. The van der Waals surface area contributed by atoms with E-state index in [0.29, 0.717) is 153 Å². The molecule has 9 aromatic rings. The smallest absolute Gasteiger partial charge is 0.576 e. The van der Waals surface area contributed by atoms with Gasteiger partial charge in [0, 0.05) is 33.4 Å². The molecule has 15 nitrogen and oxygen atoms in total. The average Bonchev–Trinajstić information content (AvgIpc) is 1.42. The predicted octanol–water partition coefficient (Wildman–Crippen LogP) is 17.9. The first-order valence-corrected chi connectivity index (χ1v) is 35.6. The molecule has 0 radical (unpaired) electrons. The summed E-state index contributed by atoms with van der Waals surface area (Å²) in [5.74, 6) is 2.08. The van der Waals surface area contributed by atoms with Crippen molar-refractivity contribution in [3.05, 3.63) is 234 Å². The van der Waals surface area contributed by atoms with Gasteiger partial charge in [0.05, 0.1) is 60.2 Å². The second-order valence-electron chi connectivity index (χ2n) is 20.3. The molecule has 0 aliphatic carbocycles. The van der Waals surface area contributed by atoms with Gasteiger partial charge in [0.15, 0.2) is 51.3 Å². The lowest BCUT2D eigenvalue weighted by Gasteiger charge is -2.39. The summed E-state index contributed by atoms with van der Waals surface area (Å²) in [7, 11) is 0. The largest absolute Gasteiger partial charge is 1.20 e. The van der Waals surface area contributed by atoms with E-state index < -0.39 is 65.0 Å². The van der Waals surface area contributed by atoms with Crippen LogP contribution in [0.25, 0.3) is 0 Å². The highest BCUT2D eigenvalue weighted by molar-refractivity contribution is 9.12. The fraction of sp³-hybridized carbons (Fsp3) is 0.0500. The van der Waals surface area contributed by atoms with Crippen LogP contribution in [0.4, 0.5) is 0 Å². The summed E-state index contributed by atoms with van der Waals surface area (Å²) in [4.78, 5) is 41.5. The van der Waals surface area contributed by atoms with Crippen LogP contribution < -0.4 is 36.9 Å². The first-order chi connectivity index (χ1) is 41.5. The van der Waals surface area contributed by atoms with Crippen LogP contribution in [0, 0.1) is 0 Å². The van der Waals surface area contributed by atoms with Crippen molar-refractivity contribution < 1.29 is 65.5 Å². The zero-order valence-corrected chi connectivity index (χ0v) is 58.9. The Morgan fingerprint density at radius 1 is 0.326 bits per heavy atom. The highest BCUT2D eigenvalue weighted by Gasteiger charge is 2.61. The van der Waals surface area contributed by atoms with Gasteiger partial charge in [-0.15, -0.1) is 0 Å². The molecule has 3 atom stereocenters. The lowest BCUT2D eigenvalue weighted by atomic mass is 9.77. The third-order valence-corrected chi connectivity index (χ3v) is 24.9. The number of hydrogen-bond donors (Lipinski definition) is 0. The Morgan fingerprint density at radius 2 is 0.686 bits per heavy atom. The van der Waals surface area contributed by atoms with E-state index in [0.717, 1.165) is 0 Å². The number of carbonyl (C=O) groups is 3. The van der Waals surface area contributed by atoms with E-state index in [1.807, 2.05) is 48.5 Å². The first-order valence-electron chi connectivity index (χ1n) is 25.6. The molecule has 8 aliphatic heterocycles. The summed E-state index contributed by atoms with van der Waals surface area (Å²) in [5.41, 5.74) is 1.91. The first kappa shape index (κ1) is 55.1. The summed E-state index contributed by atoms with van der Waals surface area (Å²) < 4.78 is 84.5. The fourth-order valence-corrected chi connectivity index (χ4v) is 22.6. The van der Waals surface area contributed by atoms with Crippen molar-refractivity contribution in [3.8, 4) is 69.0 Å². The number of rotatable bonds is 4. The van der Waals surface area contributed by atoms with Gasteiger partial charge in [-0.3, -0.25) is 0 Å². The van der Waals surface area contributed by atoms with Gasteiger partial charge in [-0.05, 0) is 216 Å². The van der Waals surface area contributed by atoms with E-state index in [9.17, 15) is 14.4 Å². The lowest BCUT2D eigenvalue weighted by molar-refractivity contribution is 0.0212. The second kappa shape index (κ2) is 19.5. The predicted molar refractivity (Wildman–Crippen MR) is 339 cm³/mol. The van der Waals surface area contributed by atoms with E-state index in [2.05, 4.69) is 143 Å². The van der Waals surface area contributed by atoms with Gasteiger partial charge in [0.2, 0.25) is 0 Å². The standard InChI is InChI=1S/3C20H9Br3O5.2Al/c3*21-12-7-11-18(15(23)16(12)25)27-17-10(5-6-13(24)14(17)22)20(11)9-4-2-1-3-8(9)19(26)28-20;;/h3*1-7,24-25H;;/q;;;2*+3/p-6. The van der Waals surface area contributed by atoms with E-state index in [4.69, 9.17) is 51.2 Å². The number of fused-ring (bicyclic) bond motifs is 18. The summed E-state index contributed by atoms with van der Waals surface area (Å²) in [6, 6.07) is 37.7. The number of esters is 3. The van der Waals surface area contributed by atoms with Crippen molar-refractivity contribution in [1.29, 1.82) is 0 Å². The third kappa shape index (κ3) is 7.33. The van der Waals surface area contributed by atoms with Gasteiger partial charge in [-0.2, -0.15) is 0 Å². The topological polar surface area (TPSA) is 162 Å². The number of hydrogen-bond acceptors (Lipinski definition) is 15. The molecule has 420 valence electrons. The Bertz CT molecular complexity index is 4760. The van der Waals surface area contributed by atoms with Gasteiger partial charge in [-0.1, -0.05) is 54.6 Å². The molecule has 9 aromatic carbocycles. The van der Waals surface area contributed by atoms with Gasteiger partial charge in [0.25, 0.3) is 0 Å². The molecule has 26 heteroatoms. The molecule has 86 heavy (non-hydrogen) atoms. The van der Waals surface area contributed by atoms with Crippen molar-refractivity contribution in [3.63, 3.8) is 0 Å². The lowest BCUT2D eigenvalue weighted by Crippen LogP contribution is -2.39. The number of ether oxygens (including phenoxy) is 6. The van der Waals surface area contributed by atoms with E-state index in [1.165, 1.54) is 0 Å². The summed E-state index contributed by atoms with van der Waals surface area (Å²) in [6.07, 6.45) is 0. The SMILES string of the molecule is O=C1OC2(c3ccccc31)c1ccc3c(Br)c1Oc1c2cc(Br)c(c1Br)[O][Al]([O]c1ccc2c(c1Br)Oc1c(cc(Br)c([O][Al]4[O]c5ccc6c(c5Br)Oc5c(cc(Br)c(c5Br)[O]4)C64OC(=O)c5ccccc54)c1Br)C21OC(=O)c2ccccc21)[O]3. The molecule has 8 aliphatic rings. The molecule has 0 saturated carbocycles. The minimum Gasteiger partial charge on any atom is -0.576 e. The molecular formula is C60H21Al2Br9O15. The Kier molecular flexibility index (Phi) is 12.5. The molecule has 0 fully saturated rings. The normalized spacial score (nSPS) is 20.1. The van der Waals surface area contributed by atoms with Crippen molar-refractivity contribution in [2.75, 3.05) is 0 Å². The fourth-order valence-electron chi connectivity index (χ4n) is 12.5. The van der Waals surface area contributed by atoms with Crippen LogP contribution in [0.5, 0.6) is 69.0 Å². The van der Waals surface area contributed by atoms with Gasteiger partial charge in [-0.25, -0.2) is 14.4 Å². The van der Waals surface area contributed by atoms with Crippen molar-refractivity contribution in [2.24, 2.45) is 0 Å². The summed E-state index contributed by atoms with van der Waals surface area (Å²) >= 11 is 27.3. The molecule has 8 heterocycles. The minimum absolute atomic E-state index is 0.219. The highest BCUT2D eigenvalue weighted by Crippen LogP contribution is 2.67. The maximum atomic E-state index is 14.2. The van der Waals surface area contributed by atoms with E-state index in [1.54, 1.807) is 78.9 Å². The summed E-state index contributed by atoms with van der Waals surface area (Å²) in [5, 5.41) is 0. The van der Waals surface area contributed by atoms with Gasteiger partial charge >= 0.3 is 48.2 Å². The van der Waals surface area contributed by atoms with Crippen LogP contribution in [-0.2, 0) is 31.0 Å². The molecule has 3 spiro atoms. The Balaban J connectivity index is 0.763. The van der Waals surface area contributed by atoms with Crippen LogP contribution in [-0.4, -0.2) is 48.2 Å². The molecular weight excluding hydrogens is 1730 g/mol. The van der Waals surface area contributed by atoms with Crippen LogP contribution in [0.3, 0.4) is 0 Å². The average molecular weight is 1750 g/mol. The summed E-state index contributed by atoms with van der Waals surface area (Å²) in [6.45, 7) is 0. The van der Waals surface area contributed by atoms with E-state index >= 15 is 0 Å². The highest BCUT2D eigenvalue weighted by atomic mass is 79.9. The number of halogens is 9. The Hall–Kier alpha value is -5.03. The molecule has 0 amide bonds. The zero-order valence-electron chi connectivity index (χ0n) is 42.3. The van der Waals surface area contributed by atoms with Gasteiger partial charge < -0.3 is 51.2 Å². The maximum Gasteiger partial charge on any atom is 1.20 e. The monoisotopic (exact) mass is 1750 g/mol. The number of carbonyl (C=O) groups excluding carboxylic acids is 3. The van der Waals surface area contributed by atoms with Crippen molar-refractivity contribution in [1.82, 2.24) is 0 Å². The van der Waals surface area contributed by atoms with Gasteiger partial charge in [0.1, 0.15) is 47.9 Å². The molecule has 0 N–H and O–H groups in total.